The predicted octanol–water partition coefficient (Wildman–Crippen LogP) is 9.28. The van der Waals surface area contributed by atoms with Crippen molar-refractivity contribution in [2.75, 3.05) is 0 Å². The molecule has 0 N–H and O–H groups in total. The van der Waals surface area contributed by atoms with Crippen LogP contribution >= 0.6 is 0 Å². The van der Waals surface area contributed by atoms with Crippen LogP contribution in [0.2, 0.25) is 0 Å². The highest BCUT2D eigenvalue weighted by Gasteiger charge is 2.37. The lowest BCUT2D eigenvalue weighted by Gasteiger charge is -2.44. The van der Waals surface area contributed by atoms with E-state index >= 15 is 0 Å². The summed E-state index contributed by atoms with van der Waals surface area (Å²) in [6.45, 7) is 19.2. The highest BCUT2D eigenvalue weighted by Crippen LogP contribution is 2.48. The molecular weight excluding hydrogens is 312 g/mol. The molecule has 0 aliphatic heterocycles. The minimum absolute atomic E-state index is 0.679. The first-order chi connectivity index (χ1) is 12.2. The Bertz CT molecular complexity index is 338. The number of hydrogen-bond donors (Lipinski definition) is 0. The molecular formula is C26H52. The van der Waals surface area contributed by atoms with Crippen LogP contribution in [0.15, 0.2) is 0 Å². The first kappa shape index (κ1) is 24.0. The molecule has 0 amide bonds. The molecule has 2 rings (SSSR count). The van der Waals surface area contributed by atoms with E-state index in [0.717, 1.165) is 23.7 Å². The summed E-state index contributed by atoms with van der Waals surface area (Å²) in [7, 11) is 0. The largest absolute Gasteiger partial charge is 0.0628 e. The van der Waals surface area contributed by atoms with Crippen molar-refractivity contribution < 1.29 is 0 Å². The summed E-state index contributed by atoms with van der Waals surface area (Å²) in [5.74, 6) is 3.52. The first-order valence-corrected chi connectivity index (χ1v) is 12.2. The van der Waals surface area contributed by atoms with Crippen molar-refractivity contribution in [1.29, 1.82) is 0 Å². The van der Waals surface area contributed by atoms with Gasteiger partial charge in [0.2, 0.25) is 0 Å². The molecule has 0 atom stereocenters. The van der Waals surface area contributed by atoms with Gasteiger partial charge in [0.25, 0.3) is 0 Å². The first-order valence-electron chi connectivity index (χ1n) is 12.2. The molecule has 2 saturated carbocycles. The molecule has 0 bridgehead atoms. The molecule has 0 saturated heterocycles. The van der Waals surface area contributed by atoms with E-state index in [1.165, 1.54) is 77.0 Å². The highest BCUT2D eigenvalue weighted by atomic mass is 14.4. The van der Waals surface area contributed by atoms with Crippen LogP contribution in [0.3, 0.4) is 0 Å². The molecule has 2 aliphatic carbocycles. The molecule has 0 aromatic heterocycles. The third-order valence-electron chi connectivity index (χ3n) is 8.38. The Labute approximate surface area is 167 Å². The van der Waals surface area contributed by atoms with Gasteiger partial charge in [0.05, 0.1) is 0 Å². The predicted molar refractivity (Wildman–Crippen MR) is 120 cm³/mol. The van der Waals surface area contributed by atoms with Gasteiger partial charge in [0, 0.05) is 0 Å². The molecule has 26 heavy (non-hydrogen) atoms. The third-order valence-corrected chi connectivity index (χ3v) is 8.38. The van der Waals surface area contributed by atoms with E-state index in [-0.39, 0.29) is 0 Å². The molecule has 0 nitrogen and oxygen atoms in total. The Kier molecular flexibility index (Phi) is 10.3. The van der Waals surface area contributed by atoms with Gasteiger partial charge >= 0.3 is 0 Å². The maximum absolute atomic E-state index is 2.44. The SMILES string of the molecule is CC(C)C1(C(C)C)CCCCC1.CC(C)CCC1(C(C)C)CCCCC1. The number of hydrogen-bond acceptors (Lipinski definition) is 0. The van der Waals surface area contributed by atoms with E-state index in [1.807, 2.05) is 0 Å². The summed E-state index contributed by atoms with van der Waals surface area (Å²) < 4.78 is 0. The fourth-order valence-corrected chi connectivity index (χ4v) is 5.98. The van der Waals surface area contributed by atoms with Gasteiger partial charge in [0.1, 0.15) is 0 Å². The summed E-state index contributed by atoms with van der Waals surface area (Å²) in [6.07, 6.45) is 17.7. The van der Waals surface area contributed by atoms with E-state index in [2.05, 4.69) is 55.4 Å². The summed E-state index contributed by atoms with van der Waals surface area (Å²) in [5.41, 5.74) is 1.39. The van der Waals surface area contributed by atoms with Crippen molar-refractivity contribution in [3.8, 4) is 0 Å². The molecule has 2 fully saturated rings. The van der Waals surface area contributed by atoms with Crippen LogP contribution in [0.25, 0.3) is 0 Å². The molecule has 0 unspecified atom stereocenters. The van der Waals surface area contributed by atoms with Gasteiger partial charge in [-0.3, -0.25) is 0 Å². The molecule has 156 valence electrons. The van der Waals surface area contributed by atoms with Gasteiger partial charge in [-0.2, -0.15) is 0 Å². The van der Waals surface area contributed by atoms with Crippen LogP contribution in [-0.2, 0) is 0 Å². The summed E-state index contributed by atoms with van der Waals surface area (Å²) in [4.78, 5) is 0. The Morgan fingerprint density at radius 3 is 1.27 bits per heavy atom. The standard InChI is InChI=1S/C14H28.C12H24/c1-12(2)8-11-14(13(3)4)9-6-5-7-10-14;1-10(2)12(11(3)4)8-6-5-7-9-12/h12-13H,5-11H2,1-4H3;10-11H,5-9H2,1-4H3. The van der Waals surface area contributed by atoms with E-state index in [4.69, 9.17) is 0 Å². The van der Waals surface area contributed by atoms with Crippen molar-refractivity contribution in [1.82, 2.24) is 0 Å². The molecule has 0 aromatic carbocycles. The minimum atomic E-state index is 0.679. The van der Waals surface area contributed by atoms with Crippen LogP contribution < -0.4 is 0 Å². The van der Waals surface area contributed by atoms with E-state index in [9.17, 15) is 0 Å². The van der Waals surface area contributed by atoms with Crippen molar-refractivity contribution in [3.05, 3.63) is 0 Å². The van der Waals surface area contributed by atoms with Gasteiger partial charge in [0.15, 0.2) is 0 Å². The zero-order valence-electron chi connectivity index (χ0n) is 19.8. The maximum atomic E-state index is 2.44. The molecule has 0 heterocycles. The second-order valence-corrected chi connectivity index (χ2v) is 11.1. The normalized spacial score (nSPS) is 22.6. The van der Waals surface area contributed by atoms with Crippen molar-refractivity contribution in [2.24, 2.45) is 34.5 Å². The van der Waals surface area contributed by atoms with Crippen molar-refractivity contribution >= 4 is 0 Å². The van der Waals surface area contributed by atoms with Crippen molar-refractivity contribution in [3.63, 3.8) is 0 Å². The second kappa shape index (κ2) is 11.1. The fraction of sp³-hybridized carbons (Fsp3) is 1.00. The Balaban J connectivity index is 0.000000263. The summed E-state index contributed by atoms with van der Waals surface area (Å²) in [6, 6.07) is 0. The lowest BCUT2D eigenvalue weighted by Crippen LogP contribution is -2.35. The average molecular weight is 365 g/mol. The van der Waals surface area contributed by atoms with Crippen molar-refractivity contribution in [2.45, 2.75) is 132 Å². The smallest absolute Gasteiger partial charge is 0.0251 e. The second-order valence-electron chi connectivity index (χ2n) is 11.1. The zero-order chi connectivity index (χ0) is 19.8. The van der Waals surface area contributed by atoms with Crippen LogP contribution in [0.4, 0.5) is 0 Å². The Hall–Kier alpha value is 0. The van der Waals surface area contributed by atoms with Crippen LogP contribution in [-0.4, -0.2) is 0 Å². The molecule has 2 aliphatic rings. The van der Waals surface area contributed by atoms with Crippen LogP contribution in [0.1, 0.15) is 132 Å². The van der Waals surface area contributed by atoms with Gasteiger partial charge in [-0.25, -0.2) is 0 Å². The average Bonchev–Trinajstić information content (AvgIpc) is 2.61. The van der Waals surface area contributed by atoms with Gasteiger partial charge in [-0.05, 0) is 66.6 Å². The van der Waals surface area contributed by atoms with E-state index < -0.39 is 0 Å². The van der Waals surface area contributed by atoms with E-state index in [1.54, 1.807) is 0 Å². The fourth-order valence-electron chi connectivity index (χ4n) is 5.98. The van der Waals surface area contributed by atoms with Crippen LogP contribution in [0.5, 0.6) is 0 Å². The van der Waals surface area contributed by atoms with Gasteiger partial charge in [-0.1, -0.05) is 100 Å². The highest BCUT2D eigenvalue weighted by molar-refractivity contribution is 4.88. The zero-order valence-corrected chi connectivity index (χ0v) is 19.8. The maximum Gasteiger partial charge on any atom is -0.0251 e. The quantitative estimate of drug-likeness (QED) is 0.440. The minimum Gasteiger partial charge on any atom is -0.0628 e. The van der Waals surface area contributed by atoms with Gasteiger partial charge in [-0.15, -0.1) is 0 Å². The summed E-state index contributed by atoms with van der Waals surface area (Å²) >= 11 is 0. The third kappa shape index (κ3) is 6.56. The molecule has 0 aromatic rings. The van der Waals surface area contributed by atoms with Gasteiger partial charge < -0.3 is 0 Å². The Morgan fingerprint density at radius 2 is 0.962 bits per heavy atom. The van der Waals surface area contributed by atoms with Crippen LogP contribution in [0, 0.1) is 34.5 Å². The lowest BCUT2D eigenvalue weighted by molar-refractivity contribution is 0.0587. The molecule has 0 heteroatoms. The molecule has 0 spiro atoms. The molecule has 0 radical (unpaired) electrons. The summed E-state index contributed by atoms with van der Waals surface area (Å²) in [5, 5.41) is 0. The number of rotatable bonds is 6. The van der Waals surface area contributed by atoms with E-state index in [0.29, 0.717) is 10.8 Å². The topological polar surface area (TPSA) is 0 Å². The monoisotopic (exact) mass is 364 g/mol. The lowest BCUT2D eigenvalue weighted by atomic mass is 9.61. The Morgan fingerprint density at radius 1 is 0.538 bits per heavy atom.